The molecule has 0 radical (unpaired) electrons. The van der Waals surface area contributed by atoms with E-state index in [0.717, 1.165) is 0 Å². The van der Waals surface area contributed by atoms with Crippen LogP contribution in [0.25, 0.3) is 0 Å². The number of nitrogens with zero attached hydrogens (tertiary/aromatic N) is 1. The zero-order valence-electron chi connectivity index (χ0n) is 11.0. The van der Waals surface area contributed by atoms with Crippen LogP contribution in [0.5, 0.6) is 0 Å². The topological polar surface area (TPSA) is 65.1 Å². The van der Waals surface area contributed by atoms with Crippen molar-refractivity contribution < 1.29 is 23.8 Å². The second-order valence-electron chi connectivity index (χ2n) is 5.21. The van der Waals surface area contributed by atoms with E-state index in [4.69, 9.17) is 14.2 Å². The third-order valence-electron chi connectivity index (χ3n) is 2.88. The molecule has 6 nitrogen and oxygen atoms in total. The Morgan fingerprint density at radius 1 is 1.11 bits per heavy atom. The average Bonchev–Trinajstić information content (AvgIpc) is 2.50. The van der Waals surface area contributed by atoms with E-state index >= 15 is 0 Å². The fourth-order valence-corrected chi connectivity index (χ4v) is 1.89. The van der Waals surface area contributed by atoms with Gasteiger partial charge in [-0.25, -0.2) is 9.59 Å². The van der Waals surface area contributed by atoms with Gasteiger partial charge in [0.15, 0.2) is 5.57 Å². The first-order chi connectivity index (χ1) is 8.21. The second-order valence-corrected chi connectivity index (χ2v) is 5.21. The average molecular weight is 255 g/mol. The molecule has 0 N–H and O–H groups in total. The quantitative estimate of drug-likeness (QED) is 0.392. The molecule has 0 aromatic rings. The third kappa shape index (κ3) is 2.33. The summed E-state index contributed by atoms with van der Waals surface area (Å²) in [5.74, 6) is -2.54. The summed E-state index contributed by atoms with van der Waals surface area (Å²) in [6.07, 6.45) is 1.45. The van der Waals surface area contributed by atoms with E-state index in [1.54, 1.807) is 4.90 Å². The maximum atomic E-state index is 11.8. The molecule has 2 heterocycles. The summed E-state index contributed by atoms with van der Waals surface area (Å²) in [6, 6.07) is 0. The summed E-state index contributed by atoms with van der Waals surface area (Å²) in [7, 11) is 0. The van der Waals surface area contributed by atoms with Crippen LogP contribution in [-0.4, -0.2) is 41.5 Å². The molecule has 0 bridgehead atoms. The molecule has 2 saturated heterocycles. The van der Waals surface area contributed by atoms with Crippen molar-refractivity contribution in [3.63, 3.8) is 0 Å². The number of carbonyl (C=O) groups excluding carboxylic acids is 2. The highest BCUT2D eigenvalue weighted by Crippen LogP contribution is 2.27. The monoisotopic (exact) mass is 255 g/mol. The van der Waals surface area contributed by atoms with E-state index in [0.29, 0.717) is 13.2 Å². The number of cyclic esters (lactones) is 2. The van der Waals surface area contributed by atoms with Crippen LogP contribution >= 0.6 is 0 Å². The Hall–Kier alpha value is -1.56. The predicted octanol–water partition coefficient (Wildman–Crippen LogP) is 0.775. The molecular weight excluding hydrogens is 238 g/mol. The van der Waals surface area contributed by atoms with Gasteiger partial charge in [-0.05, 0) is 13.8 Å². The number of rotatable bonds is 1. The van der Waals surface area contributed by atoms with Crippen LogP contribution in [0.2, 0.25) is 0 Å². The van der Waals surface area contributed by atoms with Gasteiger partial charge in [-0.15, -0.1) is 0 Å². The van der Waals surface area contributed by atoms with Gasteiger partial charge in [0.05, 0.1) is 6.61 Å². The van der Waals surface area contributed by atoms with E-state index in [9.17, 15) is 9.59 Å². The van der Waals surface area contributed by atoms with E-state index in [2.05, 4.69) is 0 Å². The lowest BCUT2D eigenvalue weighted by molar-refractivity contribution is -0.222. The largest absolute Gasteiger partial charge is 0.419 e. The van der Waals surface area contributed by atoms with Gasteiger partial charge in [0, 0.05) is 26.6 Å². The lowest BCUT2D eigenvalue weighted by atomic mass is 10.2. The van der Waals surface area contributed by atoms with Crippen LogP contribution in [0.15, 0.2) is 11.8 Å². The van der Waals surface area contributed by atoms with Crippen molar-refractivity contribution in [1.82, 2.24) is 4.90 Å². The molecule has 2 aliphatic rings. The maximum absolute atomic E-state index is 11.8. The Bertz CT molecular complexity index is 402. The first-order valence-electron chi connectivity index (χ1n) is 5.80. The van der Waals surface area contributed by atoms with Gasteiger partial charge in [-0.3, -0.25) is 0 Å². The minimum Gasteiger partial charge on any atom is -0.419 e. The van der Waals surface area contributed by atoms with Crippen LogP contribution in [0.3, 0.4) is 0 Å². The van der Waals surface area contributed by atoms with Crippen LogP contribution < -0.4 is 0 Å². The number of hydrogen-bond donors (Lipinski definition) is 0. The molecule has 2 fully saturated rings. The summed E-state index contributed by atoms with van der Waals surface area (Å²) >= 11 is 0. The van der Waals surface area contributed by atoms with Gasteiger partial charge in [0.1, 0.15) is 5.72 Å². The lowest BCUT2D eigenvalue weighted by Crippen LogP contribution is -2.43. The molecule has 0 aromatic carbocycles. The highest BCUT2D eigenvalue weighted by molar-refractivity contribution is 6.15. The predicted molar refractivity (Wildman–Crippen MR) is 61.1 cm³/mol. The minimum atomic E-state index is -1.21. The molecular formula is C12H17NO5. The zero-order chi connectivity index (χ0) is 13.6. The normalized spacial score (nSPS) is 25.8. The summed E-state index contributed by atoms with van der Waals surface area (Å²) in [4.78, 5) is 25.3. The van der Waals surface area contributed by atoms with Gasteiger partial charge >= 0.3 is 11.9 Å². The van der Waals surface area contributed by atoms with Crippen molar-refractivity contribution >= 4 is 11.9 Å². The van der Waals surface area contributed by atoms with Crippen molar-refractivity contribution in [1.29, 1.82) is 0 Å². The lowest BCUT2D eigenvalue weighted by Gasteiger charge is -2.32. The Kier molecular flexibility index (Phi) is 2.85. The van der Waals surface area contributed by atoms with Crippen LogP contribution in [-0.2, 0) is 23.8 Å². The van der Waals surface area contributed by atoms with Gasteiger partial charge in [0.25, 0.3) is 5.79 Å². The first kappa shape index (κ1) is 12.9. The van der Waals surface area contributed by atoms with E-state index < -0.39 is 23.5 Å². The summed E-state index contributed by atoms with van der Waals surface area (Å²) in [5.41, 5.74) is -0.645. The summed E-state index contributed by atoms with van der Waals surface area (Å²) < 4.78 is 15.5. The van der Waals surface area contributed by atoms with Crippen LogP contribution in [0, 0.1) is 0 Å². The molecule has 2 aliphatic heterocycles. The molecule has 0 saturated carbocycles. The number of esters is 2. The van der Waals surface area contributed by atoms with Crippen molar-refractivity contribution in [2.75, 3.05) is 13.2 Å². The maximum Gasteiger partial charge on any atom is 0.350 e. The number of ether oxygens (including phenoxy) is 3. The third-order valence-corrected chi connectivity index (χ3v) is 2.88. The molecule has 0 atom stereocenters. The van der Waals surface area contributed by atoms with E-state index in [1.807, 2.05) is 13.8 Å². The molecule has 18 heavy (non-hydrogen) atoms. The smallest absolute Gasteiger partial charge is 0.350 e. The van der Waals surface area contributed by atoms with Crippen molar-refractivity contribution in [2.24, 2.45) is 0 Å². The Balaban J connectivity index is 2.23. The Morgan fingerprint density at radius 3 is 2.11 bits per heavy atom. The van der Waals surface area contributed by atoms with E-state index in [1.165, 1.54) is 20.0 Å². The van der Waals surface area contributed by atoms with Crippen molar-refractivity contribution in [3.8, 4) is 0 Å². The molecule has 100 valence electrons. The molecule has 0 aromatic heterocycles. The molecule has 0 spiro atoms. The molecule has 6 heteroatoms. The van der Waals surface area contributed by atoms with Gasteiger partial charge in [0.2, 0.25) is 0 Å². The van der Waals surface area contributed by atoms with Gasteiger partial charge in [-0.1, -0.05) is 0 Å². The Labute approximate surface area is 105 Å². The minimum absolute atomic E-state index is 0.104. The fraction of sp³-hybridized carbons (Fsp3) is 0.667. The van der Waals surface area contributed by atoms with Crippen LogP contribution in [0.1, 0.15) is 27.7 Å². The highest BCUT2D eigenvalue weighted by Gasteiger charge is 2.41. The molecule has 0 unspecified atom stereocenters. The van der Waals surface area contributed by atoms with Gasteiger partial charge in [-0.2, -0.15) is 0 Å². The number of hydrogen-bond acceptors (Lipinski definition) is 6. The zero-order valence-corrected chi connectivity index (χ0v) is 11.0. The van der Waals surface area contributed by atoms with Crippen LogP contribution in [0.4, 0.5) is 0 Å². The van der Waals surface area contributed by atoms with Gasteiger partial charge < -0.3 is 19.1 Å². The fourth-order valence-electron chi connectivity index (χ4n) is 1.89. The second kappa shape index (κ2) is 3.98. The first-order valence-corrected chi connectivity index (χ1v) is 5.80. The number of carbonyl (C=O) groups is 2. The summed E-state index contributed by atoms with van der Waals surface area (Å²) in [6.45, 7) is 7.92. The molecule has 0 amide bonds. The molecule has 0 aliphatic carbocycles. The standard InChI is InChI=1S/C12H17NO5/c1-11(2)13(5-6-16-11)7-8-9(14)17-12(3,4)18-10(8)15/h7H,5-6H2,1-4H3. The summed E-state index contributed by atoms with van der Waals surface area (Å²) in [5, 5.41) is 0. The SMILES string of the molecule is CC1(C)OC(=O)C(=CN2CCOC2(C)C)C(=O)O1. The van der Waals surface area contributed by atoms with Crippen molar-refractivity contribution in [3.05, 3.63) is 11.8 Å². The van der Waals surface area contributed by atoms with Crippen molar-refractivity contribution in [2.45, 2.75) is 39.2 Å². The Morgan fingerprint density at radius 2 is 1.67 bits per heavy atom. The molecule has 2 rings (SSSR count). The van der Waals surface area contributed by atoms with E-state index in [-0.39, 0.29) is 5.57 Å². The highest BCUT2D eigenvalue weighted by atomic mass is 16.7.